The second-order valence-electron chi connectivity index (χ2n) is 5.85. The molecule has 26 heavy (non-hydrogen) atoms. The lowest BCUT2D eigenvalue weighted by Gasteiger charge is -2.21. The second-order valence-corrected chi connectivity index (χ2v) is 5.85. The van der Waals surface area contributed by atoms with E-state index in [1.807, 2.05) is 0 Å². The molecule has 0 aromatic heterocycles. The summed E-state index contributed by atoms with van der Waals surface area (Å²) in [6, 6.07) is 12.2. The molecule has 2 aliphatic heterocycles. The highest BCUT2D eigenvalue weighted by atomic mass is 16.5. The Labute approximate surface area is 149 Å². The third kappa shape index (κ3) is 2.38. The summed E-state index contributed by atoms with van der Waals surface area (Å²) in [4.78, 5) is 26.8. The van der Waals surface area contributed by atoms with Crippen LogP contribution >= 0.6 is 0 Å². The van der Waals surface area contributed by atoms with E-state index in [0.29, 0.717) is 22.9 Å². The molecule has 2 amide bonds. The first-order valence-corrected chi connectivity index (χ1v) is 8.00. The van der Waals surface area contributed by atoms with Crippen molar-refractivity contribution in [3.05, 3.63) is 48.5 Å². The van der Waals surface area contributed by atoms with Gasteiger partial charge in [0.05, 0.1) is 25.6 Å². The number of rotatable bonds is 4. The van der Waals surface area contributed by atoms with Crippen molar-refractivity contribution >= 4 is 23.2 Å². The van der Waals surface area contributed by atoms with Crippen LogP contribution in [0.3, 0.4) is 0 Å². The molecule has 2 aliphatic rings. The average molecular weight is 352 g/mol. The summed E-state index contributed by atoms with van der Waals surface area (Å²) in [5.74, 6) is 0.521. The number of methoxy groups -OCH3 is 2. The summed E-state index contributed by atoms with van der Waals surface area (Å²) < 4.78 is 10.3. The molecule has 1 saturated heterocycles. The number of nitrogens with zero attached hydrogens (tertiary/aromatic N) is 4. The lowest BCUT2D eigenvalue weighted by Crippen LogP contribution is -2.39. The van der Waals surface area contributed by atoms with E-state index in [4.69, 9.17) is 9.47 Å². The van der Waals surface area contributed by atoms with Crippen LogP contribution < -0.4 is 19.4 Å². The monoisotopic (exact) mass is 352 g/mol. The van der Waals surface area contributed by atoms with Crippen LogP contribution in [0.2, 0.25) is 0 Å². The molecule has 0 saturated carbocycles. The summed E-state index contributed by atoms with van der Waals surface area (Å²) >= 11 is 0. The average Bonchev–Trinajstić information content (AvgIpc) is 3.22. The Bertz CT molecular complexity index is 896. The second kappa shape index (κ2) is 6.14. The fraction of sp³-hybridized carbons (Fsp3) is 0.222. The Balaban J connectivity index is 1.66. The molecule has 8 heteroatoms. The molecular formula is C18H16N4O4. The van der Waals surface area contributed by atoms with Gasteiger partial charge in [0.25, 0.3) is 11.8 Å². The van der Waals surface area contributed by atoms with Crippen LogP contribution in [0.4, 0.5) is 11.4 Å². The number of benzene rings is 2. The van der Waals surface area contributed by atoms with E-state index >= 15 is 0 Å². The zero-order valence-electron chi connectivity index (χ0n) is 14.2. The number of hydrogen-bond acceptors (Lipinski definition) is 7. The standard InChI is InChI=1S/C18H16N4O4/c1-25-13-8-6-11(7-9-13)21-17(23)15-16(18(21)24)22(20-19-15)12-4-3-5-14(10-12)26-2/h3-10,15-16H,1-2H3. The summed E-state index contributed by atoms with van der Waals surface area (Å²) in [6.07, 6.45) is 0. The molecule has 1 fully saturated rings. The van der Waals surface area contributed by atoms with E-state index in [-0.39, 0.29) is 11.8 Å². The van der Waals surface area contributed by atoms with Crippen LogP contribution in [0.5, 0.6) is 11.5 Å². The van der Waals surface area contributed by atoms with E-state index in [0.717, 1.165) is 4.90 Å². The largest absolute Gasteiger partial charge is 0.497 e. The quantitative estimate of drug-likeness (QED) is 0.788. The number of imide groups is 1. The SMILES string of the molecule is COc1ccc(N2C(=O)C3N=NN(c4cccc(OC)c4)C3C2=O)cc1. The molecule has 2 unspecified atom stereocenters. The lowest BCUT2D eigenvalue weighted by molar-refractivity contribution is -0.121. The van der Waals surface area contributed by atoms with Gasteiger partial charge in [0.15, 0.2) is 12.1 Å². The van der Waals surface area contributed by atoms with Gasteiger partial charge in [-0.05, 0) is 36.4 Å². The van der Waals surface area contributed by atoms with Gasteiger partial charge in [-0.2, -0.15) is 5.11 Å². The van der Waals surface area contributed by atoms with Crippen molar-refractivity contribution in [1.29, 1.82) is 0 Å². The predicted molar refractivity (Wildman–Crippen MR) is 93.4 cm³/mol. The minimum atomic E-state index is -0.851. The van der Waals surface area contributed by atoms with Crippen molar-refractivity contribution in [2.45, 2.75) is 12.1 Å². The van der Waals surface area contributed by atoms with Crippen molar-refractivity contribution in [2.24, 2.45) is 10.3 Å². The fourth-order valence-corrected chi connectivity index (χ4v) is 3.11. The molecule has 2 heterocycles. The normalized spacial score (nSPS) is 21.3. The maximum atomic E-state index is 13.0. The summed E-state index contributed by atoms with van der Waals surface area (Å²) in [6.45, 7) is 0. The number of ether oxygens (including phenoxy) is 2. The zero-order valence-corrected chi connectivity index (χ0v) is 14.2. The highest BCUT2D eigenvalue weighted by Crippen LogP contribution is 2.36. The maximum Gasteiger partial charge on any atom is 0.263 e. The van der Waals surface area contributed by atoms with Gasteiger partial charge in [-0.15, -0.1) is 0 Å². The van der Waals surface area contributed by atoms with Crippen LogP contribution in [0.15, 0.2) is 58.9 Å². The number of amides is 2. The smallest absolute Gasteiger partial charge is 0.263 e. The molecule has 2 atom stereocenters. The minimum Gasteiger partial charge on any atom is -0.497 e. The van der Waals surface area contributed by atoms with Gasteiger partial charge in [0.2, 0.25) is 0 Å². The highest BCUT2D eigenvalue weighted by molar-refractivity contribution is 6.26. The Kier molecular flexibility index (Phi) is 3.80. The highest BCUT2D eigenvalue weighted by Gasteiger charge is 2.55. The zero-order chi connectivity index (χ0) is 18.3. The molecular weight excluding hydrogens is 336 g/mol. The number of hydrogen-bond donors (Lipinski definition) is 0. The van der Waals surface area contributed by atoms with E-state index in [2.05, 4.69) is 10.3 Å². The Morgan fingerprint density at radius 3 is 2.31 bits per heavy atom. The van der Waals surface area contributed by atoms with Crippen molar-refractivity contribution in [1.82, 2.24) is 0 Å². The van der Waals surface area contributed by atoms with Gasteiger partial charge in [-0.3, -0.25) is 9.59 Å². The van der Waals surface area contributed by atoms with Crippen LogP contribution in [0.1, 0.15) is 0 Å². The number of fused-ring (bicyclic) bond motifs is 1. The number of carbonyl (C=O) groups is 2. The van der Waals surface area contributed by atoms with Crippen molar-refractivity contribution < 1.29 is 19.1 Å². The van der Waals surface area contributed by atoms with Crippen molar-refractivity contribution in [3.63, 3.8) is 0 Å². The third-order valence-corrected chi connectivity index (χ3v) is 4.43. The third-order valence-electron chi connectivity index (χ3n) is 4.43. The molecule has 0 radical (unpaired) electrons. The minimum absolute atomic E-state index is 0.363. The van der Waals surface area contributed by atoms with E-state index < -0.39 is 12.1 Å². The molecule has 132 valence electrons. The molecule has 2 aromatic rings. The molecule has 0 spiro atoms. The van der Waals surface area contributed by atoms with Crippen molar-refractivity contribution in [3.8, 4) is 11.5 Å². The van der Waals surface area contributed by atoms with E-state index in [1.165, 1.54) is 5.01 Å². The Morgan fingerprint density at radius 2 is 1.62 bits per heavy atom. The molecule has 8 nitrogen and oxygen atoms in total. The summed E-state index contributed by atoms with van der Waals surface area (Å²) in [5.41, 5.74) is 1.12. The molecule has 2 aromatic carbocycles. The molecule has 0 bridgehead atoms. The molecule has 4 rings (SSSR count). The topological polar surface area (TPSA) is 83.8 Å². The van der Waals surface area contributed by atoms with Gasteiger partial charge in [0.1, 0.15) is 11.5 Å². The van der Waals surface area contributed by atoms with Gasteiger partial charge < -0.3 is 9.47 Å². The van der Waals surface area contributed by atoms with Crippen LogP contribution in [-0.2, 0) is 9.59 Å². The van der Waals surface area contributed by atoms with Crippen LogP contribution in [-0.4, -0.2) is 38.1 Å². The predicted octanol–water partition coefficient (Wildman–Crippen LogP) is 2.20. The van der Waals surface area contributed by atoms with Crippen molar-refractivity contribution in [2.75, 3.05) is 24.1 Å². The Hall–Kier alpha value is -3.42. The van der Waals surface area contributed by atoms with Gasteiger partial charge >= 0.3 is 0 Å². The van der Waals surface area contributed by atoms with Crippen LogP contribution in [0, 0.1) is 0 Å². The summed E-state index contributed by atoms with van der Waals surface area (Å²) in [7, 11) is 3.11. The van der Waals surface area contributed by atoms with E-state index in [1.54, 1.807) is 62.8 Å². The number of anilines is 2. The lowest BCUT2D eigenvalue weighted by atomic mass is 10.1. The fourth-order valence-electron chi connectivity index (χ4n) is 3.11. The summed E-state index contributed by atoms with van der Waals surface area (Å²) in [5, 5.41) is 9.53. The van der Waals surface area contributed by atoms with Gasteiger partial charge in [0, 0.05) is 6.07 Å². The van der Waals surface area contributed by atoms with Crippen LogP contribution in [0.25, 0.3) is 0 Å². The molecule has 0 N–H and O–H groups in total. The first-order chi connectivity index (χ1) is 12.6. The molecule has 0 aliphatic carbocycles. The Morgan fingerprint density at radius 1 is 0.885 bits per heavy atom. The van der Waals surface area contributed by atoms with Gasteiger partial charge in [-0.1, -0.05) is 11.3 Å². The van der Waals surface area contributed by atoms with Gasteiger partial charge in [-0.25, -0.2) is 9.91 Å². The first-order valence-electron chi connectivity index (χ1n) is 8.00. The number of carbonyl (C=O) groups excluding carboxylic acids is 2. The first kappa shape index (κ1) is 16.1. The maximum absolute atomic E-state index is 13.0. The van der Waals surface area contributed by atoms with E-state index in [9.17, 15) is 9.59 Å².